The number of nitro benzene ring substituents is 1. The molecule has 20 heavy (non-hydrogen) atoms. The minimum absolute atomic E-state index is 0.0603. The lowest BCUT2D eigenvalue weighted by atomic mass is 9.89. The number of benzene rings is 1. The number of nitrogens with zero attached hydrogens (tertiary/aromatic N) is 2. The van der Waals surface area contributed by atoms with Crippen molar-refractivity contribution in [2.75, 3.05) is 20.2 Å². The van der Waals surface area contributed by atoms with Crippen LogP contribution in [0.5, 0.6) is 5.75 Å². The molecule has 1 heterocycles. The summed E-state index contributed by atoms with van der Waals surface area (Å²) in [5.74, 6) is 0.640. The van der Waals surface area contributed by atoms with E-state index >= 15 is 0 Å². The number of likely N-dealkylation sites (tertiary alicyclic amines) is 1. The normalized spacial score (nSPS) is 17.6. The minimum atomic E-state index is -0.595. The molecule has 110 valence electrons. The SMILES string of the molecule is CCCC1(O)CN(Cc2cc([N+](=O)[O-])ccc2OC)C1. The first kappa shape index (κ1) is 14.7. The molecule has 0 bridgehead atoms. The van der Waals surface area contributed by atoms with Crippen LogP contribution in [0.1, 0.15) is 25.3 Å². The highest BCUT2D eigenvalue weighted by Crippen LogP contribution is 2.31. The fourth-order valence-electron chi connectivity index (χ4n) is 2.76. The fourth-order valence-corrected chi connectivity index (χ4v) is 2.76. The van der Waals surface area contributed by atoms with E-state index < -0.39 is 10.5 Å². The lowest BCUT2D eigenvalue weighted by Gasteiger charge is -2.46. The zero-order valence-electron chi connectivity index (χ0n) is 11.8. The molecule has 6 heteroatoms. The van der Waals surface area contributed by atoms with Gasteiger partial charge in [-0.15, -0.1) is 0 Å². The lowest BCUT2D eigenvalue weighted by Crippen LogP contribution is -2.60. The Bertz CT molecular complexity index is 498. The molecule has 1 saturated heterocycles. The molecule has 1 aromatic rings. The molecule has 0 radical (unpaired) electrons. The third-order valence-electron chi connectivity index (χ3n) is 3.62. The zero-order valence-corrected chi connectivity index (χ0v) is 11.8. The molecule has 0 amide bonds. The number of hydrogen-bond acceptors (Lipinski definition) is 5. The molecule has 0 spiro atoms. The lowest BCUT2D eigenvalue weighted by molar-refractivity contribution is -0.385. The number of non-ortho nitro benzene ring substituents is 1. The number of β-amino-alcohol motifs (C(OH)–C–C–N with tert-alkyl or cyclic N) is 1. The number of rotatable bonds is 6. The highest BCUT2D eigenvalue weighted by molar-refractivity contribution is 5.43. The number of aliphatic hydroxyl groups is 1. The van der Waals surface area contributed by atoms with E-state index in [9.17, 15) is 15.2 Å². The molecule has 1 aliphatic rings. The topological polar surface area (TPSA) is 75.8 Å². The van der Waals surface area contributed by atoms with Crippen LogP contribution in [0.25, 0.3) is 0 Å². The van der Waals surface area contributed by atoms with Crippen molar-refractivity contribution >= 4 is 5.69 Å². The molecule has 0 aliphatic carbocycles. The Kier molecular flexibility index (Phi) is 4.25. The molecule has 6 nitrogen and oxygen atoms in total. The minimum Gasteiger partial charge on any atom is -0.496 e. The Morgan fingerprint density at radius 2 is 2.20 bits per heavy atom. The van der Waals surface area contributed by atoms with Crippen LogP contribution >= 0.6 is 0 Å². The van der Waals surface area contributed by atoms with Crippen LogP contribution in [0.3, 0.4) is 0 Å². The second-order valence-corrected chi connectivity index (χ2v) is 5.37. The van der Waals surface area contributed by atoms with Gasteiger partial charge in [-0.2, -0.15) is 0 Å². The largest absolute Gasteiger partial charge is 0.496 e. The molecule has 1 aliphatic heterocycles. The van der Waals surface area contributed by atoms with Gasteiger partial charge in [0.2, 0.25) is 0 Å². The third kappa shape index (κ3) is 3.08. The van der Waals surface area contributed by atoms with E-state index in [4.69, 9.17) is 4.74 Å². The summed E-state index contributed by atoms with van der Waals surface area (Å²) < 4.78 is 5.24. The standard InChI is InChI=1S/C14H20N2O4/c1-3-6-14(17)9-15(10-14)8-11-7-12(16(18)19)4-5-13(11)20-2/h4-5,7,17H,3,6,8-10H2,1-2H3. The highest BCUT2D eigenvalue weighted by Gasteiger charge is 2.40. The summed E-state index contributed by atoms with van der Waals surface area (Å²) in [7, 11) is 1.55. The Hall–Kier alpha value is -1.66. The zero-order chi connectivity index (χ0) is 14.8. The van der Waals surface area contributed by atoms with Crippen molar-refractivity contribution in [3.63, 3.8) is 0 Å². The molecule has 0 atom stereocenters. The molecule has 2 rings (SSSR count). The summed E-state index contributed by atoms with van der Waals surface area (Å²) in [4.78, 5) is 12.5. The van der Waals surface area contributed by atoms with Crippen molar-refractivity contribution in [1.29, 1.82) is 0 Å². The van der Waals surface area contributed by atoms with E-state index in [1.807, 2.05) is 6.92 Å². The van der Waals surface area contributed by atoms with Gasteiger partial charge in [-0.05, 0) is 12.5 Å². The summed E-state index contributed by atoms with van der Waals surface area (Å²) in [6.07, 6.45) is 1.74. The van der Waals surface area contributed by atoms with E-state index in [0.717, 1.165) is 18.4 Å². The third-order valence-corrected chi connectivity index (χ3v) is 3.62. The van der Waals surface area contributed by atoms with E-state index in [1.165, 1.54) is 12.1 Å². The van der Waals surface area contributed by atoms with Crippen LogP contribution in [0.15, 0.2) is 18.2 Å². The van der Waals surface area contributed by atoms with Gasteiger partial charge < -0.3 is 9.84 Å². The van der Waals surface area contributed by atoms with E-state index in [-0.39, 0.29) is 5.69 Å². The second-order valence-electron chi connectivity index (χ2n) is 5.37. The van der Waals surface area contributed by atoms with Gasteiger partial charge in [-0.1, -0.05) is 13.3 Å². The van der Waals surface area contributed by atoms with E-state index in [2.05, 4.69) is 4.90 Å². The van der Waals surface area contributed by atoms with Gasteiger partial charge in [-0.3, -0.25) is 15.0 Å². The summed E-state index contributed by atoms with van der Waals surface area (Å²) in [5, 5.41) is 21.0. The molecular formula is C14H20N2O4. The predicted octanol–water partition coefficient (Wildman–Crippen LogP) is 1.95. The van der Waals surface area contributed by atoms with Crippen LogP contribution in [0.2, 0.25) is 0 Å². The van der Waals surface area contributed by atoms with Gasteiger partial charge in [0.05, 0.1) is 17.6 Å². The molecule has 1 aromatic carbocycles. The fraction of sp³-hybridized carbons (Fsp3) is 0.571. The van der Waals surface area contributed by atoms with Gasteiger partial charge >= 0.3 is 0 Å². The van der Waals surface area contributed by atoms with Gasteiger partial charge in [0.15, 0.2) is 0 Å². The number of hydrogen-bond donors (Lipinski definition) is 1. The van der Waals surface area contributed by atoms with Crippen molar-refractivity contribution < 1.29 is 14.8 Å². The summed E-state index contributed by atoms with van der Waals surface area (Å²) in [5.41, 5.74) is 0.244. The summed E-state index contributed by atoms with van der Waals surface area (Å²) in [6.45, 7) is 3.81. The summed E-state index contributed by atoms with van der Waals surface area (Å²) >= 11 is 0. The van der Waals surface area contributed by atoms with Gasteiger partial charge in [-0.25, -0.2) is 0 Å². The number of nitro groups is 1. The average molecular weight is 280 g/mol. The van der Waals surface area contributed by atoms with Crippen molar-refractivity contribution in [2.24, 2.45) is 0 Å². The highest BCUT2D eigenvalue weighted by atomic mass is 16.6. The van der Waals surface area contributed by atoms with E-state index in [1.54, 1.807) is 13.2 Å². The molecule has 0 unspecified atom stereocenters. The average Bonchev–Trinajstić information content (AvgIpc) is 2.37. The Morgan fingerprint density at radius 1 is 1.50 bits per heavy atom. The molecule has 0 aromatic heterocycles. The maximum Gasteiger partial charge on any atom is 0.270 e. The first-order valence-electron chi connectivity index (χ1n) is 6.73. The van der Waals surface area contributed by atoms with Crippen LogP contribution < -0.4 is 4.74 Å². The van der Waals surface area contributed by atoms with Crippen LogP contribution in [-0.2, 0) is 6.54 Å². The summed E-state index contributed by atoms with van der Waals surface area (Å²) in [6, 6.07) is 4.59. The van der Waals surface area contributed by atoms with Crippen LogP contribution in [-0.4, -0.2) is 40.7 Å². The molecule has 1 N–H and O–H groups in total. The molecule has 0 saturated carbocycles. The first-order valence-corrected chi connectivity index (χ1v) is 6.73. The molecular weight excluding hydrogens is 260 g/mol. The van der Waals surface area contributed by atoms with Crippen molar-refractivity contribution in [1.82, 2.24) is 4.90 Å². The van der Waals surface area contributed by atoms with Crippen molar-refractivity contribution in [3.05, 3.63) is 33.9 Å². The van der Waals surface area contributed by atoms with E-state index in [0.29, 0.717) is 25.4 Å². The quantitative estimate of drug-likeness (QED) is 0.636. The monoisotopic (exact) mass is 280 g/mol. The predicted molar refractivity (Wildman–Crippen MR) is 74.8 cm³/mol. The Balaban J connectivity index is 2.06. The maximum absolute atomic E-state index is 10.8. The second kappa shape index (κ2) is 5.76. The van der Waals surface area contributed by atoms with Crippen molar-refractivity contribution in [3.8, 4) is 5.75 Å². The number of ether oxygens (including phenoxy) is 1. The Morgan fingerprint density at radius 3 is 2.75 bits per heavy atom. The van der Waals surface area contributed by atoms with Crippen LogP contribution in [0.4, 0.5) is 5.69 Å². The number of methoxy groups -OCH3 is 1. The van der Waals surface area contributed by atoms with Gasteiger partial charge in [0, 0.05) is 37.3 Å². The van der Waals surface area contributed by atoms with Gasteiger partial charge in [0.25, 0.3) is 5.69 Å². The van der Waals surface area contributed by atoms with Gasteiger partial charge in [0.1, 0.15) is 5.75 Å². The Labute approximate surface area is 118 Å². The maximum atomic E-state index is 10.8. The smallest absolute Gasteiger partial charge is 0.270 e. The van der Waals surface area contributed by atoms with Crippen LogP contribution in [0, 0.1) is 10.1 Å². The first-order chi connectivity index (χ1) is 9.47. The molecule has 1 fully saturated rings. The van der Waals surface area contributed by atoms with Crippen molar-refractivity contribution in [2.45, 2.75) is 31.9 Å².